The van der Waals surface area contributed by atoms with Crippen LogP contribution in [0.1, 0.15) is 136 Å². The Labute approximate surface area is 164 Å². The molecule has 0 rings (SSSR count). The highest BCUT2D eigenvalue weighted by Gasteiger charge is 2.12. The van der Waals surface area contributed by atoms with E-state index < -0.39 is 0 Å². The second kappa shape index (κ2) is 20.8. The fraction of sp³-hybridized carbons (Fsp3) is 0.958. The van der Waals surface area contributed by atoms with E-state index in [2.05, 4.69) is 20.8 Å². The largest absolute Gasteiger partial charge is 0.466 e. The van der Waals surface area contributed by atoms with E-state index in [-0.39, 0.29) is 5.97 Å². The van der Waals surface area contributed by atoms with E-state index >= 15 is 0 Å². The summed E-state index contributed by atoms with van der Waals surface area (Å²) in [5.41, 5.74) is 0. The van der Waals surface area contributed by atoms with E-state index in [1.807, 2.05) is 0 Å². The van der Waals surface area contributed by atoms with Gasteiger partial charge in [-0.25, -0.2) is 0 Å². The van der Waals surface area contributed by atoms with Gasteiger partial charge in [0.05, 0.1) is 6.61 Å². The highest BCUT2D eigenvalue weighted by molar-refractivity contribution is 5.69. The molecule has 1 atom stereocenters. The zero-order valence-electron chi connectivity index (χ0n) is 18.3. The first-order chi connectivity index (χ1) is 12.7. The lowest BCUT2D eigenvalue weighted by atomic mass is 9.95. The molecule has 2 nitrogen and oxygen atoms in total. The van der Waals surface area contributed by atoms with Crippen LogP contribution < -0.4 is 0 Å². The number of hydrogen-bond acceptors (Lipinski definition) is 2. The van der Waals surface area contributed by atoms with Crippen LogP contribution in [0.25, 0.3) is 0 Å². The van der Waals surface area contributed by atoms with E-state index in [0.29, 0.717) is 18.9 Å². The molecule has 0 bridgehead atoms. The Kier molecular flexibility index (Phi) is 20.4. The molecule has 2 heteroatoms. The van der Waals surface area contributed by atoms with Crippen molar-refractivity contribution in [3.8, 4) is 0 Å². The summed E-state index contributed by atoms with van der Waals surface area (Å²) in [5.74, 6) is 0.549. The maximum Gasteiger partial charge on any atom is 0.306 e. The van der Waals surface area contributed by atoms with E-state index in [1.165, 1.54) is 96.3 Å². The molecule has 0 N–H and O–H groups in total. The Balaban J connectivity index is 3.45. The first kappa shape index (κ1) is 25.5. The van der Waals surface area contributed by atoms with Gasteiger partial charge in [-0.1, -0.05) is 117 Å². The van der Waals surface area contributed by atoms with Crippen LogP contribution >= 0.6 is 0 Å². The number of hydrogen-bond donors (Lipinski definition) is 0. The highest BCUT2D eigenvalue weighted by Crippen LogP contribution is 2.19. The van der Waals surface area contributed by atoms with Crippen LogP contribution in [0.5, 0.6) is 0 Å². The van der Waals surface area contributed by atoms with Crippen molar-refractivity contribution in [2.45, 2.75) is 136 Å². The highest BCUT2D eigenvalue weighted by atomic mass is 16.5. The molecule has 0 aliphatic rings. The van der Waals surface area contributed by atoms with Crippen LogP contribution in [0.3, 0.4) is 0 Å². The molecule has 0 saturated heterocycles. The third-order valence-electron chi connectivity index (χ3n) is 5.51. The van der Waals surface area contributed by atoms with Crippen molar-refractivity contribution < 1.29 is 9.53 Å². The van der Waals surface area contributed by atoms with Crippen LogP contribution in [-0.4, -0.2) is 12.6 Å². The summed E-state index contributed by atoms with van der Waals surface area (Å²) in [6, 6.07) is 0. The number of carbonyl (C=O) groups is 1. The molecule has 0 aliphatic heterocycles. The molecule has 156 valence electrons. The fourth-order valence-electron chi connectivity index (χ4n) is 3.56. The normalized spacial score (nSPS) is 12.3. The van der Waals surface area contributed by atoms with Gasteiger partial charge in [-0.15, -0.1) is 0 Å². The van der Waals surface area contributed by atoms with Gasteiger partial charge < -0.3 is 4.74 Å². The van der Waals surface area contributed by atoms with Crippen LogP contribution in [0.4, 0.5) is 0 Å². The van der Waals surface area contributed by atoms with Gasteiger partial charge in [0.1, 0.15) is 0 Å². The minimum atomic E-state index is 0.0245. The first-order valence-electron chi connectivity index (χ1n) is 11.9. The number of unbranched alkanes of at least 4 members (excludes halogenated alkanes) is 13. The minimum Gasteiger partial charge on any atom is -0.466 e. The van der Waals surface area contributed by atoms with Crippen molar-refractivity contribution in [2.24, 2.45) is 5.92 Å². The van der Waals surface area contributed by atoms with Gasteiger partial charge in [0.2, 0.25) is 0 Å². The van der Waals surface area contributed by atoms with Crippen molar-refractivity contribution in [2.75, 3.05) is 6.61 Å². The Morgan fingerprint density at radius 2 is 1.12 bits per heavy atom. The lowest BCUT2D eigenvalue weighted by Crippen LogP contribution is -2.12. The molecule has 0 saturated carbocycles. The van der Waals surface area contributed by atoms with Crippen molar-refractivity contribution in [3.63, 3.8) is 0 Å². The molecule has 0 aromatic heterocycles. The van der Waals surface area contributed by atoms with Crippen molar-refractivity contribution >= 4 is 5.97 Å². The summed E-state index contributed by atoms with van der Waals surface area (Å²) in [4.78, 5) is 11.9. The molecule has 0 aliphatic carbocycles. The number of ether oxygens (including phenoxy) is 1. The van der Waals surface area contributed by atoms with Gasteiger partial charge in [0, 0.05) is 6.42 Å². The van der Waals surface area contributed by atoms with Crippen LogP contribution in [0, 0.1) is 5.92 Å². The molecule has 1 unspecified atom stereocenters. The fourth-order valence-corrected chi connectivity index (χ4v) is 3.56. The molecule has 0 fully saturated rings. The van der Waals surface area contributed by atoms with E-state index in [4.69, 9.17) is 4.74 Å². The quantitative estimate of drug-likeness (QED) is 0.160. The zero-order chi connectivity index (χ0) is 19.3. The number of rotatable bonds is 20. The maximum absolute atomic E-state index is 11.9. The Morgan fingerprint density at radius 1 is 0.654 bits per heavy atom. The second-order valence-corrected chi connectivity index (χ2v) is 8.08. The van der Waals surface area contributed by atoms with Crippen molar-refractivity contribution in [1.29, 1.82) is 0 Å². The average Bonchev–Trinajstić information content (AvgIpc) is 2.65. The van der Waals surface area contributed by atoms with Crippen LogP contribution in [0.15, 0.2) is 0 Å². The predicted molar refractivity (Wildman–Crippen MR) is 115 cm³/mol. The summed E-state index contributed by atoms with van der Waals surface area (Å²) in [6.45, 7) is 7.30. The summed E-state index contributed by atoms with van der Waals surface area (Å²) < 4.78 is 5.39. The maximum atomic E-state index is 11.9. The SMILES string of the molecule is CCCCCCCCCCCCCC(CC)CC(=O)OCCCCCC. The van der Waals surface area contributed by atoms with Crippen LogP contribution in [0.2, 0.25) is 0 Å². The second-order valence-electron chi connectivity index (χ2n) is 8.08. The minimum absolute atomic E-state index is 0.0245. The van der Waals surface area contributed by atoms with Crippen molar-refractivity contribution in [3.05, 3.63) is 0 Å². The Hall–Kier alpha value is -0.530. The summed E-state index contributed by atoms with van der Waals surface area (Å²) in [5, 5.41) is 0. The molecular formula is C24H48O2. The topological polar surface area (TPSA) is 26.3 Å². The molecule has 26 heavy (non-hydrogen) atoms. The van der Waals surface area contributed by atoms with Crippen LogP contribution in [-0.2, 0) is 9.53 Å². The lowest BCUT2D eigenvalue weighted by Gasteiger charge is -2.14. The zero-order valence-corrected chi connectivity index (χ0v) is 18.3. The number of carbonyl (C=O) groups excluding carboxylic acids is 1. The van der Waals surface area contributed by atoms with Gasteiger partial charge in [0.15, 0.2) is 0 Å². The average molecular weight is 369 g/mol. The molecular weight excluding hydrogens is 320 g/mol. The molecule has 0 radical (unpaired) electrons. The number of esters is 1. The van der Waals surface area contributed by atoms with Gasteiger partial charge in [-0.05, 0) is 18.8 Å². The lowest BCUT2D eigenvalue weighted by molar-refractivity contribution is -0.145. The standard InChI is InChI=1S/C24H48O2/c1-4-7-9-11-12-13-14-15-16-17-18-20-23(6-3)22-24(25)26-21-19-10-8-5-2/h23H,4-22H2,1-3H3. The molecule has 0 spiro atoms. The Morgan fingerprint density at radius 3 is 1.62 bits per heavy atom. The third-order valence-corrected chi connectivity index (χ3v) is 5.51. The molecule has 0 aromatic carbocycles. The third kappa shape index (κ3) is 18.3. The van der Waals surface area contributed by atoms with E-state index in [1.54, 1.807) is 0 Å². The smallest absolute Gasteiger partial charge is 0.306 e. The molecule has 0 aromatic rings. The van der Waals surface area contributed by atoms with Gasteiger partial charge >= 0.3 is 5.97 Å². The monoisotopic (exact) mass is 368 g/mol. The van der Waals surface area contributed by atoms with Gasteiger partial charge in [-0.3, -0.25) is 4.79 Å². The molecule has 0 heterocycles. The van der Waals surface area contributed by atoms with Gasteiger partial charge in [0.25, 0.3) is 0 Å². The van der Waals surface area contributed by atoms with E-state index in [9.17, 15) is 4.79 Å². The predicted octanol–water partition coefficient (Wildman–Crippen LogP) is 8.23. The summed E-state index contributed by atoms with van der Waals surface area (Å²) >= 11 is 0. The van der Waals surface area contributed by atoms with Gasteiger partial charge in [-0.2, -0.15) is 0 Å². The molecule has 0 amide bonds. The summed E-state index contributed by atoms with van der Waals surface area (Å²) in [7, 11) is 0. The Bertz CT molecular complexity index is 288. The van der Waals surface area contributed by atoms with Crippen molar-refractivity contribution in [1.82, 2.24) is 0 Å². The van der Waals surface area contributed by atoms with E-state index in [0.717, 1.165) is 12.8 Å². The first-order valence-corrected chi connectivity index (χ1v) is 11.9. The summed E-state index contributed by atoms with van der Waals surface area (Å²) in [6.07, 6.45) is 22.8.